The van der Waals surface area contributed by atoms with Crippen molar-refractivity contribution in [3.63, 3.8) is 0 Å². The Hall–Kier alpha value is -0.830. The lowest BCUT2D eigenvalue weighted by atomic mass is 10.1. The molecule has 0 unspecified atom stereocenters. The molecule has 1 aromatic rings. The molecule has 0 saturated heterocycles. The Kier molecular flexibility index (Phi) is 4.66. The van der Waals surface area contributed by atoms with Gasteiger partial charge in [-0.15, -0.1) is 0 Å². The topological polar surface area (TPSA) is 26.3 Å². The Morgan fingerprint density at radius 3 is 2.79 bits per heavy atom. The third kappa shape index (κ3) is 3.92. The van der Waals surface area contributed by atoms with Gasteiger partial charge in [0.15, 0.2) is 0 Å². The maximum atomic E-state index is 10.5. The summed E-state index contributed by atoms with van der Waals surface area (Å²) in [6.45, 7) is 1.93. The van der Waals surface area contributed by atoms with Gasteiger partial charge in [-0.05, 0) is 24.5 Å². The van der Waals surface area contributed by atoms with E-state index in [0.29, 0.717) is 6.61 Å². The largest absolute Gasteiger partial charge is 0.466 e. The normalized spacial score (nSPS) is 9.86. The second kappa shape index (κ2) is 5.81. The van der Waals surface area contributed by atoms with Gasteiger partial charge in [0.2, 0.25) is 0 Å². The van der Waals surface area contributed by atoms with E-state index in [9.17, 15) is 4.79 Å². The predicted molar refractivity (Wildman–Crippen MR) is 59.1 cm³/mol. The molecule has 0 atom stereocenters. The van der Waals surface area contributed by atoms with Crippen molar-refractivity contribution in [1.29, 1.82) is 0 Å². The monoisotopic (exact) mass is 256 g/mol. The second-order valence-electron chi connectivity index (χ2n) is 3.04. The molecule has 0 aromatic heterocycles. The van der Waals surface area contributed by atoms with Crippen LogP contribution in [0.3, 0.4) is 0 Å². The van der Waals surface area contributed by atoms with Crippen molar-refractivity contribution in [3.05, 3.63) is 34.3 Å². The molecule has 0 heterocycles. The average molecular weight is 257 g/mol. The Morgan fingerprint density at radius 1 is 1.43 bits per heavy atom. The molecule has 0 bridgehead atoms. The molecule has 0 fully saturated rings. The summed E-state index contributed by atoms with van der Waals surface area (Å²) in [5.74, 6) is -0.211. The molecule has 0 N–H and O–H groups in total. The highest BCUT2D eigenvalue weighted by atomic mass is 79.9. The molecule has 3 heteroatoms. The van der Waals surface area contributed by atoms with Crippen LogP contribution in [0.2, 0.25) is 0 Å². The number of carbonyl (C=O) groups is 1. The van der Waals surface area contributed by atoms with E-state index in [4.69, 9.17) is 4.74 Å². The molecule has 1 rings (SSSR count). The van der Waals surface area contributed by atoms with Crippen LogP contribution >= 0.6 is 15.9 Å². The van der Waals surface area contributed by atoms with Gasteiger partial charge in [0.1, 0.15) is 0 Å². The summed E-state index contributed by atoms with van der Waals surface area (Å²) in [6.07, 6.45) is 1.79. The summed E-state index contributed by atoms with van der Waals surface area (Å²) in [4.78, 5) is 10.5. The van der Waals surface area contributed by atoms with Crippen molar-refractivity contribution in [3.8, 4) is 0 Å². The Balaban J connectivity index is 2.31. The smallest absolute Gasteiger partial charge is 0.302 e. The molecular formula is C11H13BrO2. The molecule has 0 amide bonds. The lowest BCUT2D eigenvalue weighted by Crippen LogP contribution is -2.01. The fourth-order valence-electron chi connectivity index (χ4n) is 1.18. The lowest BCUT2D eigenvalue weighted by Gasteiger charge is -2.04. The molecule has 0 radical (unpaired) electrons. The molecular weight excluding hydrogens is 244 g/mol. The molecule has 0 aliphatic heterocycles. The van der Waals surface area contributed by atoms with Crippen LogP contribution in [0, 0.1) is 0 Å². The molecule has 2 nitrogen and oxygen atoms in total. The average Bonchev–Trinajstić information content (AvgIpc) is 2.15. The molecule has 1 aromatic carbocycles. The van der Waals surface area contributed by atoms with E-state index < -0.39 is 0 Å². The number of hydrogen-bond acceptors (Lipinski definition) is 2. The van der Waals surface area contributed by atoms with Crippen molar-refractivity contribution < 1.29 is 9.53 Å². The van der Waals surface area contributed by atoms with Gasteiger partial charge in [0.05, 0.1) is 6.61 Å². The second-order valence-corrected chi connectivity index (χ2v) is 3.89. The Bertz CT molecular complexity index is 310. The van der Waals surface area contributed by atoms with Crippen molar-refractivity contribution in [2.75, 3.05) is 6.61 Å². The van der Waals surface area contributed by atoms with E-state index in [1.807, 2.05) is 18.2 Å². The number of hydrogen-bond donors (Lipinski definition) is 0. The van der Waals surface area contributed by atoms with Gasteiger partial charge in [-0.2, -0.15) is 0 Å². The van der Waals surface area contributed by atoms with Crippen LogP contribution in [0.5, 0.6) is 0 Å². The molecule has 14 heavy (non-hydrogen) atoms. The predicted octanol–water partition coefficient (Wildman–Crippen LogP) is 2.94. The minimum atomic E-state index is -0.211. The summed E-state index contributed by atoms with van der Waals surface area (Å²) >= 11 is 3.47. The first-order chi connectivity index (χ1) is 6.70. The molecule has 0 saturated carbocycles. The van der Waals surface area contributed by atoms with Crippen LogP contribution in [-0.4, -0.2) is 12.6 Å². The van der Waals surface area contributed by atoms with E-state index in [1.165, 1.54) is 12.5 Å². The number of halogens is 1. The summed E-state index contributed by atoms with van der Waals surface area (Å²) in [7, 11) is 0. The molecule has 0 aliphatic carbocycles. The van der Waals surface area contributed by atoms with Gasteiger partial charge in [-0.25, -0.2) is 0 Å². The lowest BCUT2D eigenvalue weighted by molar-refractivity contribution is -0.141. The third-order valence-corrected chi connectivity index (χ3v) is 2.63. The summed E-state index contributed by atoms with van der Waals surface area (Å²) in [5.41, 5.74) is 1.25. The highest BCUT2D eigenvalue weighted by molar-refractivity contribution is 9.10. The zero-order chi connectivity index (χ0) is 10.4. The third-order valence-electron chi connectivity index (χ3n) is 1.85. The quantitative estimate of drug-likeness (QED) is 0.612. The zero-order valence-electron chi connectivity index (χ0n) is 8.13. The fraction of sp³-hybridized carbons (Fsp3) is 0.364. The number of ether oxygens (including phenoxy) is 1. The number of benzene rings is 1. The van der Waals surface area contributed by atoms with Gasteiger partial charge in [-0.1, -0.05) is 34.1 Å². The number of esters is 1. The van der Waals surface area contributed by atoms with Crippen molar-refractivity contribution in [1.82, 2.24) is 0 Å². The summed E-state index contributed by atoms with van der Waals surface area (Å²) in [6, 6.07) is 8.07. The molecule has 0 aliphatic rings. The van der Waals surface area contributed by atoms with Crippen LogP contribution in [0.15, 0.2) is 28.7 Å². The van der Waals surface area contributed by atoms with E-state index in [0.717, 1.165) is 17.3 Å². The number of rotatable bonds is 4. The van der Waals surface area contributed by atoms with E-state index in [1.54, 1.807) is 0 Å². The van der Waals surface area contributed by atoms with Gasteiger partial charge >= 0.3 is 5.97 Å². The summed E-state index contributed by atoms with van der Waals surface area (Å²) < 4.78 is 5.96. The minimum Gasteiger partial charge on any atom is -0.466 e. The first-order valence-corrected chi connectivity index (χ1v) is 5.36. The van der Waals surface area contributed by atoms with Crippen LogP contribution in [0.4, 0.5) is 0 Å². The number of carbonyl (C=O) groups excluding carboxylic acids is 1. The summed E-state index contributed by atoms with van der Waals surface area (Å²) in [5, 5.41) is 0. The Morgan fingerprint density at radius 2 is 2.14 bits per heavy atom. The van der Waals surface area contributed by atoms with Gasteiger partial charge in [-0.3, -0.25) is 4.79 Å². The SMILES string of the molecule is CC(=O)OCCCc1ccccc1Br. The maximum Gasteiger partial charge on any atom is 0.302 e. The van der Waals surface area contributed by atoms with Crippen molar-refractivity contribution in [2.45, 2.75) is 19.8 Å². The van der Waals surface area contributed by atoms with Crippen LogP contribution in [0.1, 0.15) is 18.9 Å². The van der Waals surface area contributed by atoms with E-state index in [2.05, 4.69) is 22.0 Å². The highest BCUT2D eigenvalue weighted by Crippen LogP contribution is 2.17. The van der Waals surface area contributed by atoms with Crippen LogP contribution in [0.25, 0.3) is 0 Å². The highest BCUT2D eigenvalue weighted by Gasteiger charge is 1.98. The zero-order valence-corrected chi connectivity index (χ0v) is 9.71. The standard InChI is InChI=1S/C11H13BrO2/c1-9(13)14-8-4-6-10-5-2-3-7-11(10)12/h2-3,5,7H,4,6,8H2,1H3. The molecule has 0 spiro atoms. The first-order valence-electron chi connectivity index (χ1n) is 4.57. The van der Waals surface area contributed by atoms with Gasteiger partial charge in [0.25, 0.3) is 0 Å². The van der Waals surface area contributed by atoms with E-state index >= 15 is 0 Å². The van der Waals surface area contributed by atoms with Crippen LogP contribution in [-0.2, 0) is 16.0 Å². The van der Waals surface area contributed by atoms with Gasteiger partial charge in [0, 0.05) is 11.4 Å². The van der Waals surface area contributed by atoms with Gasteiger partial charge < -0.3 is 4.74 Å². The number of aryl methyl sites for hydroxylation is 1. The maximum absolute atomic E-state index is 10.5. The van der Waals surface area contributed by atoms with Crippen molar-refractivity contribution >= 4 is 21.9 Å². The van der Waals surface area contributed by atoms with E-state index in [-0.39, 0.29) is 5.97 Å². The molecule has 76 valence electrons. The van der Waals surface area contributed by atoms with Crippen molar-refractivity contribution in [2.24, 2.45) is 0 Å². The first kappa shape index (κ1) is 11.2. The Labute approximate surface area is 92.4 Å². The van der Waals surface area contributed by atoms with Crippen LogP contribution < -0.4 is 0 Å². The minimum absolute atomic E-state index is 0.211. The fourth-order valence-corrected chi connectivity index (χ4v) is 1.66.